The summed E-state index contributed by atoms with van der Waals surface area (Å²) in [6.07, 6.45) is -5.64. The molecule has 4 aliphatic rings. The largest absolute Gasteiger partial charge is 0.435 e. The summed E-state index contributed by atoms with van der Waals surface area (Å²) in [5.41, 5.74) is -2.30. The zero-order chi connectivity index (χ0) is 27.3. The van der Waals surface area contributed by atoms with Gasteiger partial charge in [0.1, 0.15) is 5.60 Å². The summed E-state index contributed by atoms with van der Waals surface area (Å²) < 4.78 is 85.8. The van der Waals surface area contributed by atoms with Crippen molar-refractivity contribution in [3.63, 3.8) is 0 Å². The lowest BCUT2D eigenvalue weighted by Gasteiger charge is -2.49. The van der Waals surface area contributed by atoms with E-state index < -0.39 is 61.0 Å². The third-order valence-electron chi connectivity index (χ3n) is 7.54. The molecule has 0 aromatic heterocycles. The molecule has 1 atom stereocenters. The fourth-order valence-corrected chi connectivity index (χ4v) is 7.30. The zero-order valence-corrected chi connectivity index (χ0v) is 21.6. The van der Waals surface area contributed by atoms with E-state index in [-0.39, 0.29) is 42.8 Å². The zero-order valence-electron chi connectivity index (χ0n) is 19.3. The molecule has 0 bridgehead atoms. The van der Waals surface area contributed by atoms with E-state index in [2.05, 4.69) is 5.16 Å². The Morgan fingerprint density at radius 1 is 1.11 bits per heavy atom. The van der Waals surface area contributed by atoms with Gasteiger partial charge in [-0.25, -0.2) is 12.8 Å². The third kappa shape index (κ3) is 3.82. The summed E-state index contributed by atoms with van der Waals surface area (Å²) in [4.78, 5) is 19.2. The van der Waals surface area contributed by atoms with Crippen LogP contribution in [-0.4, -0.2) is 55.7 Å². The summed E-state index contributed by atoms with van der Waals surface area (Å²) in [5, 5.41) is 2.60. The molecule has 2 aromatic carbocycles. The third-order valence-corrected chi connectivity index (χ3v) is 9.91. The van der Waals surface area contributed by atoms with Crippen LogP contribution in [0.15, 0.2) is 35.5 Å². The number of alkyl halides is 3. The molecule has 0 N–H and O–H groups in total. The van der Waals surface area contributed by atoms with Gasteiger partial charge >= 0.3 is 6.18 Å². The van der Waals surface area contributed by atoms with E-state index in [1.54, 1.807) is 18.2 Å². The van der Waals surface area contributed by atoms with Crippen molar-refractivity contribution in [3.05, 3.63) is 68.4 Å². The van der Waals surface area contributed by atoms with Gasteiger partial charge in [0.05, 0.1) is 52.9 Å². The van der Waals surface area contributed by atoms with E-state index in [1.165, 1.54) is 4.90 Å². The summed E-state index contributed by atoms with van der Waals surface area (Å²) in [7, 11) is -3.15. The van der Waals surface area contributed by atoms with Crippen molar-refractivity contribution in [2.24, 2.45) is 11.1 Å². The second-order valence-corrected chi connectivity index (χ2v) is 13.0. The van der Waals surface area contributed by atoms with Gasteiger partial charge in [0.25, 0.3) is 5.60 Å². The smallest absolute Gasteiger partial charge is 0.374 e. The molecule has 0 radical (unpaired) electrons. The van der Waals surface area contributed by atoms with Gasteiger partial charge in [-0.1, -0.05) is 40.5 Å². The molecule has 4 heterocycles. The van der Waals surface area contributed by atoms with Crippen LogP contribution < -0.4 is 0 Å². The van der Waals surface area contributed by atoms with Crippen LogP contribution in [0.25, 0.3) is 0 Å². The maximum atomic E-state index is 14.4. The second-order valence-electron chi connectivity index (χ2n) is 10.0. The molecule has 0 aliphatic carbocycles. The monoisotopic (exact) mass is 592 g/mol. The van der Waals surface area contributed by atoms with Crippen LogP contribution in [0, 0.1) is 11.7 Å². The van der Waals surface area contributed by atoms with Crippen molar-refractivity contribution in [3.8, 4) is 0 Å². The van der Waals surface area contributed by atoms with E-state index in [9.17, 15) is 30.8 Å². The first-order valence-corrected chi connectivity index (χ1v) is 14.1. The molecule has 4 aliphatic heterocycles. The van der Waals surface area contributed by atoms with Crippen molar-refractivity contribution in [2.45, 2.75) is 30.4 Å². The number of nitrogens with zero attached hydrogens (tertiary/aromatic N) is 2. The first kappa shape index (κ1) is 25.8. The molecule has 202 valence electrons. The topological polar surface area (TPSA) is 85.3 Å². The number of hydrogen-bond donors (Lipinski definition) is 0. The highest BCUT2D eigenvalue weighted by Gasteiger charge is 2.63. The van der Waals surface area contributed by atoms with Gasteiger partial charge in [-0.15, -0.1) is 0 Å². The maximum absolute atomic E-state index is 14.4. The predicted molar refractivity (Wildman–Crippen MR) is 128 cm³/mol. The van der Waals surface area contributed by atoms with E-state index in [0.717, 1.165) is 23.3 Å². The molecular formula is C24H18Cl2F4N2O5S. The van der Waals surface area contributed by atoms with E-state index in [1.807, 2.05) is 0 Å². The number of likely N-dealkylation sites (tertiary alicyclic amines) is 1. The number of carbonyl (C=O) groups excluding carboxylic acids is 1. The van der Waals surface area contributed by atoms with Crippen LogP contribution in [-0.2, 0) is 42.0 Å². The first-order chi connectivity index (χ1) is 17.7. The number of oxime groups is 1. The molecule has 38 heavy (non-hydrogen) atoms. The highest BCUT2D eigenvalue weighted by atomic mass is 35.5. The van der Waals surface area contributed by atoms with Gasteiger partial charge < -0.3 is 14.5 Å². The quantitative estimate of drug-likeness (QED) is 0.391. The SMILES string of the molecule is O=C(C1CS(=O)(=O)C1)N1CC2(C1)OCc1ccc(C3=NOC(c4cc(Cl)c(F)c(Cl)c4)(C(F)(F)F)C3)cc12. The van der Waals surface area contributed by atoms with Crippen LogP contribution in [0.5, 0.6) is 0 Å². The number of fused-ring (bicyclic) bond motifs is 2. The molecule has 7 nitrogen and oxygen atoms in total. The van der Waals surface area contributed by atoms with E-state index >= 15 is 0 Å². The number of halogens is 6. The van der Waals surface area contributed by atoms with Crippen LogP contribution in [0.4, 0.5) is 17.6 Å². The Labute approximate surface area is 224 Å². The lowest BCUT2D eigenvalue weighted by Crippen LogP contribution is -2.64. The molecule has 0 saturated carbocycles. The lowest BCUT2D eigenvalue weighted by atomic mass is 9.82. The average Bonchev–Trinajstić information content (AvgIpc) is 3.42. The minimum absolute atomic E-state index is 0.00988. The Balaban J connectivity index is 1.25. The number of hydrogen-bond acceptors (Lipinski definition) is 6. The molecule has 2 saturated heterocycles. The first-order valence-electron chi connectivity index (χ1n) is 11.5. The van der Waals surface area contributed by atoms with Crippen molar-refractivity contribution in [2.75, 3.05) is 24.6 Å². The number of benzene rings is 2. The summed E-state index contributed by atoms with van der Waals surface area (Å²) in [5.74, 6) is -2.17. The van der Waals surface area contributed by atoms with E-state index in [0.29, 0.717) is 5.56 Å². The van der Waals surface area contributed by atoms with Gasteiger partial charge in [-0.05, 0) is 34.9 Å². The lowest BCUT2D eigenvalue weighted by molar-refractivity contribution is -0.275. The summed E-state index contributed by atoms with van der Waals surface area (Å²) in [6.45, 7) is 0.680. The molecule has 6 rings (SSSR count). The summed E-state index contributed by atoms with van der Waals surface area (Å²) in [6, 6.07) is 6.67. The fraction of sp³-hybridized carbons (Fsp3) is 0.417. The van der Waals surface area contributed by atoms with Crippen LogP contribution in [0.2, 0.25) is 10.0 Å². The minimum Gasteiger partial charge on any atom is -0.374 e. The van der Waals surface area contributed by atoms with Crippen molar-refractivity contribution in [1.82, 2.24) is 4.90 Å². The molecule has 2 fully saturated rings. The summed E-state index contributed by atoms with van der Waals surface area (Å²) >= 11 is 11.5. The number of sulfone groups is 1. The van der Waals surface area contributed by atoms with Crippen LogP contribution in [0.3, 0.4) is 0 Å². The van der Waals surface area contributed by atoms with Crippen molar-refractivity contribution < 1.29 is 40.3 Å². The Hall–Kier alpha value is -2.41. The molecule has 14 heteroatoms. The average molecular weight is 593 g/mol. The fourth-order valence-electron chi connectivity index (χ4n) is 5.40. The van der Waals surface area contributed by atoms with Gasteiger partial charge in [0, 0.05) is 12.0 Å². The number of rotatable bonds is 3. The van der Waals surface area contributed by atoms with Crippen LogP contribution >= 0.6 is 23.2 Å². The van der Waals surface area contributed by atoms with Gasteiger partial charge in [0.2, 0.25) is 5.91 Å². The van der Waals surface area contributed by atoms with Gasteiger partial charge in [-0.2, -0.15) is 13.2 Å². The molecule has 2 aromatic rings. The molecule has 1 amide bonds. The van der Waals surface area contributed by atoms with Crippen LogP contribution in [0.1, 0.15) is 28.7 Å². The number of carbonyl (C=O) groups is 1. The molecular weight excluding hydrogens is 575 g/mol. The Bertz CT molecular complexity index is 1490. The standard InChI is InChI=1S/C24H18Cl2F4N2O5S/c25-17-4-15(5-18(26)20(17)27)23(24(28,29)30)6-19(31-37-23)12-1-2-13-7-36-22(16(13)3-12)10-32(11-22)21(33)14-8-38(34,35)9-14/h1-5,14H,6-11H2. The highest BCUT2D eigenvalue weighted by molar-refractivity contribution is 7.92. The van der Waals surface area contributed by atoms with Crippen molar-refractivity contribution in [1.29, 1.82) is 0 Å². The van der Waals surface area contributed by atoms with Gasteiger partial charge in [-0.3, -0.25) is 4.79 Å². The highest BCUT2D eigenvalue weighted by Crippen LogP contribution is 2.51. The Kier molecular flexibility index (Phi) is 5.64. The number of amides is 1. The minimum atomic E-state index is -4.94. The molecule has 1 spiro atoms. The normalized spacial score (nSPS) is 25.4. The maximum Gasteiger partial charge on any atom is 0.435 e. The van der Waals surface area contributed by atoms with Gasteiger partial charge in [0.15, 0.2) is 15.7 Å². The van der Waals surface area contributed by atoms with E-state index in [4.69, 9.17) is 32.8 Å². The Morgan fingerprint density at radius 3 is 2.37 bits per heavy atom. The van der Waals surface area contributed by atoms with Crippen molar-refractivity contribution >= 4 is 44.7 Å². The molecule has 1 unspecified atom stereocenters. The predicted octanol–water partition coefficient (Wildman–Crippen LogP) is 4.33. The second kappa shape index (κ2) is 8.30. The Morgan fingerprint density at radius 2 is 1.76 bits per heavy atom. The number of ether oxygens (including phenoxy) is 1.